The molecule has 0 spiro atoms. The lowest BCUT2D eigenvalue weighted by atomic mass is 10.4. The molecule has 7 heteroatoms. The summed E-state index contributed by atoms with van der Waals surface area (Å²) in [7, 11) is 0. The molecule has 19 heavy (non-hydrogen) atoms. The van der Waals surface area contributed by atoms with E-state index < -0.39 is 13.0 Å². The fraction of sp³-hybridized carbons (Fsp3) is 0.667. The normalized spacial score (nSPS) is 11.2. The summed E-state index contributed by atoms with van der Waals surface area (Å²) < 4.78 is 30.5. The molecule has 0 aliphatic heterocycles. The summed E-state index contributed by atoms with van der Waals surface area (Å²) in [6, 6.07) is 1.67. The minimum Gasteiger partial charge on any atom is -0.475 e. The molecule has 0 aromatic carbocycles. The van der Waals surface area contributed by atoms with E-state index in [1.165, 1.54) is 4.90 Å². The summed E-state index contributed by atoms with van der Waals surface area (Å²) in [5.41, 5.74) is 0.662. The second-order valence-electron chi connectivity index (χ2n) is 4.34. The first-order valence-electron chi connectivity index (χ1n) is 6.03. The van der Waals surface area contributed by atoms with Gasteiger partial charge in [0.15, 0.2) is 0 Å². The van der Waals surface area contributed by atoms with Crippen LogP contribution in [0.4, 0.5) is 14.7 Å². The van der Waals surface area contributed by atoms with Gasteiger partial charge in [0.1, 0.15) is 0 Å². The molecule has 0 unspecified atom stereocenters. The van der Waals surface area contributed by atoms with Crippen LogP contribution in [0.1, 0.15) is 19.5 Å². The van der Waals surface area contributed by atoms with Crippen LogP contribution in [0.25, 0.3) is 0 Å². The fourth-order valence-corrected chi connectivity index (χ4v) is 1.71. The van der Waals surface area contributed by atoms with Crippen LogP contribution in [0.2, 0.25) is 0 Å². The first kappa shape index (κ1) is 15.9. The summed E-state index contributed by atoms with van der Waals surface area (Å²) in [5.74, 6) is 0.827. The van der Waals surface area contributed by atoms with E-state index in [4.69, 9.17) is 16.3 Å². The van der Waals surface area contributed by atoms with E-state index in [1.54, 1.807) is 13.0 Å². The van der Waals surface area contributed by atoms with Gasteiger partial charge in [-0.05, 0) is 20.8 Å². The molecule has 0 amide bonds. The molecule has 0 atom stereocenters. The molecule has 108 valence electrons. The van der Waals surface area contributed by atoms with Crippen LogP contribution in [0, 0.1) is 6.92 Å². The molecule has 0 radical (unpaired) electrons. The standard InChI is InChI=1S/C12H18ClF2N3O/c1-8(2)19-11-6-9(3)16-12(17-11)18(5-4-13)7-10(14)15/h6,8,10H,4-5,7H2,1-3H3. The molecule has 4 nitrogen and oxygen atoms in total. The molecule has 0 N–H and O–H groups in total. The number of alkyl halides is 3. The summed E-state index contributed by atoms with van der Waals surface area (Å²) in [5, 5.41) is 0. The van der Waals surface area contributed by atoms with E-state index >= 15 is 0 Å². The zero-order chi connectivity index (χ0) is 14.4. The maximum absolute atomic E-state index is 12.5. The average Bonchev–Trinajstić information content (AvgIpc) is 2.26. The highest BCUT2D eigenvalue weighted by molar-refractivity contribution is 6.18. The van der Waals surface area contributed by atoms with E-state index in [1.807, 2.05) is 13.8 Å². The van der Waals surface area contributed by atoms with Crippen molar-refractivity contribution in [2.45, 2.75) is 33.3 Å². The lowest BCUT2D eigenvalue weighted by molar-refractivity contribution is 0.154. The Balaban J connectivity index is 2.97. The van der Waals surface area contributed by atoms with Gasteiger partial charge in [-0.1, -0.05) is 0 Å². The van der Waals surface area contributed by atoms with E-state index in [0.717, 1.165) is 0 Å². The number of hydrogen-bond acceptors (Lipinski definition) is 4. The predicted octanol–water partition coefficient (Wildman–Crippen LogP) is 2.88. The van der Waals surface area contributed by atoms with Gasteiger partial charge in [0.25, 0.3) is 6.43 Å². The van der Waals surface area contributed by atoms with Crippen molar-refractivity contribution < 1.29 is 13.5 Å². The monoisotopic (exact) mass is 293 g/mol. The first-order valence-corrected chi connectivity index (χ1v) is 6.57. The summed E-state index contributed by atoms with van der Waals surface area (Å²) in [6.07, 6.45) is -2.51. The van der Waals surface area contributed by atoms with Gasteiger partial charge in [-0.15, -0.1) is 11.6 Å². The van der Waals surface area contributed by atoms with Gasteiger partial charge >= 0.3 is 0 Å². The van der Waals surface area contributed by atoms with Crippen molar-refractivity contribution in [2.75, 3.05) is 23.9 Å². The van der Waals surface area contributed by atoms with Gasteiger partial charge in [-0.2, -0.15) is 4.98 Å². The van der Waals surface area contributed by atoms with Crippen LogP contribution in [-0.2, 0) is 0 Å². The van der Waals surface area contributed by atoms with Gasteiger partial charge in [-0.25, -0.2) is 13.8 Å². The van der Waals surface area contributed by atoms with Crippen molar-refractivity contribution in [3.63, 3.8) is 0 Å². The Labute approximate surface area is 116 Å². The summed E-state index contributed by atoms with van der Waals surface area (Å²) >= 11 is 5.62. The van der Waals surface area contributed by atoms with Crippen LogP contribution in [0.5, 0.6) is 5.88 Å². The molecular formula is C12H18ClF2N3O. The second-order valence-corrected chi connectivity index (χ2v) is 4.72. The Hall–Kier alpha value is -1.17. The van der Waals surface area contributed by atoms with Crippen LogP contribution in [0.15, 0.2) is 6.07 Å². The maximum Gasteiger partial charge on any atom is 0.255 e. The lowest BCUT2D eigenvalue weighted by Gasteiger charge is -2.22. The van der Waals surface area contributed by atoms with Gasteiger partial charge in [0.2, 0.25) is 11.8 Å². The van der Waals surface area contributed by atoms with Gasteiger partial charge < -0.3 is 9.64 Å². The number of aromatic nitrogens is 2. The Kier molecular flexibility index (Phi) is 6.21. The predicted molar refractivity (Wildman–Crippen MR) is 71.5 cm³/mol. The summed E-state index contributed by atoms with van der Waals surface area (Å²) in [4.78, 5) is 9.66. The van der Waals surface area contributed by atoms with E-state index in [9.17, 15) is 8.78 Å². The van der Waals surface area contributed by atoms with Crippen LogP contribution in [0.3, 0.4) is 0 Å². The molecule has 1 aromatic heterocycles. The number of ether oxygens (including phenoxy) is 1. The first-order chi connectivity index (χ1) is 8.92. The summed E-state index contributed by atoms with van der Waals surface area (Å²) in [6.45, 7) is 5.31. The molecule has 0 aliphatic carbocycles. The number of nitrogens with zero attached hydrogens (tertiary/aromatic N) is 3. The number of hydrogen-bond donors (Lipinski definition) is 0. The SMILES string of the molecule is Cc1cc(OC(C)C)nc(N(CCCl)CC(F)F)n1. The quantitative estimate of drug-likeness (QED) is 0.725. The number of halogens is 3. The smallest absolute Gasteiger partial charge is 0.255 e. The van der Waals surface area contributed by atoms with Crippen molar-refractivity contribution in [1.82, 2.24) is 9.97 Å². The van der Waals surface area contributed by atoms with E-state index in [0.29, 0.717) is 11.6 Å². The highest BCUT2D eigenvalue weighted by Gasteiger charge is 2.16. The average molecular weight is 294 g/mol. The van der Waals surface area contributed by atoms with E-state index in [2.05, 4.69) is 9.97 Å². The van der Waals surface area contributed by atoms with Crippen molar-refractivity contribution in [2.24, 2.45) is 0 Å². The third-order valence-corrected chi connectivity index (χ3v) is 2.34. The fourth-order valence-electron chi connectivity index (χ4n) is 1.51. The molecule has 1 heterocycles. The third kappa shape index (κ3) is 5.55. The lowest BCUT2D eigenvalue weighted by Crippen LogP contribution is -2.32. The molecule has 0 bridgehead atoms. The Morgan fingerprint density at radius 2 is 2.05 bits per heavy atom. The van der Waals surface area contributed by atoms with Gasteiger partial charge in [0, 0.05) is 24.2 Å². The van der Waals surface area contributed by atoms with Crippen LogP contribution in [-0.4, -0.2) is 41.5 Å². The Bertz CT molecular complexity index is 405. The zero-order valence-corrected chi connectivity index (χ0v) is 12.0. The van der Waals surface area contributed by atoms with Crippen LogP contribution >= 0.6 is 11.6 Å². The third-order valence-electron chi connectivity index (χ3n) is 2.17. The Morgan fingerprint density at radius 3 is 2.58 bits per heavy atom. The van der Waals surface area contributed by atoms with Crippen molar-refractivity contribution in [3.8, 4) is 5.88 Å². The maximum atomic E-state index is 12.5. The molecule has 1 rings (SSSR count). The Morgan fingerprint density at radius 1 is 1.37 bits per heavy atom. The molecule has 1 aromatic rings. The van der Waals surface area contributed by atoms with Crippen molar-refractivity contribution in [1.29, 1.82) is 0 Å². The number of rotatable bonds is 7. The minimum absolute atomic E-state index is 0.0428. The highest BCUT2D eigenvalue weighted by atomic mass is 35.5. The molecular weight excluding hydrogens is 276 g/mol. The highest BCUT2D eigenvalue weighted by Crippen LogP contribution is 2.17. The molecule has 0 saturated heterocycles. The number of aryl methyl sites for hydroxylation is 1. The molecule has 0 saturated carbocycles. The molecule has 0 fully saturated rings. The van der Waals surface area contributed by atoms with Crippen molar-refractivity contribution >= 4 is 17.5 Å². The number of anilines is 1. The van der Waals surface area contributed by atoms with Gasteiger partial charge in [0.05, 0.1) is 12.6 Å². The van der Waals surface area contributed by atoms with E-state index in [-0.39, 0.29) is 24.5 Å². The van der Waals surface area contributed by atoms with Gasteiger partial charge in [-0.3, -0.25) is 0 Å². The van der Waals surface area contributed by atoms with Crippen molar-refractivity contribution in [3.05, 3.63) is 11.8 Å². The largest absolute Gasteiger partial charge is 0.475 e. The van der Waals surface area contributed by atoms with Crippen LogP contribution < -0.4 is 9.64 Å². The zero-order valence-electron chi connectivity index (χ0n) is 11.2. The molecule has 0 aliphatic rings. The topological polar surface area (TPSA) is 38.2 Å². The minimum atomic E-state index is -2.47. The second kappa shape index (κ2) is 7.43.